The molecule has 0 rings (SSSR count). The molecule has 0 aliphatic heterocycles. The highest BCUT2D eigenvalue weighted by Crippen LogP contribution is 1.90. The van der Waals surface area contributed by atoms with Crippen molar-refractivity contribution in [3.63, 3.8) is 0 Å². The molecule has 0 aromatic rings. The minimum absolute atomic E-state index is 0.217. The molecule has 0 radical (unpaired) electrons. The maximum absolute atomic E-state index is 9.11. The van der Waals surface area contributed by atoms with E-state index in [1.54, 1.807) is 0 Å². The molecule has 12 heavy (non-hydrogen) atoms. The summed E-state index contributed by atoms with van der Waals surface area (Å²) in [5.41, 5.74) is 10.7. The Morgan fingerprint density at radius 1 is 1.17 bits per heavy atom. The molecule has 0 saturated carbocycles. The summed E-state index contributed by atoms with van der Waals surface area (Å²) in [5, 5.41) is 17.7. The number of rotatable bonds is 7. The highest BCUT2D eigenvalue weighted by molar-refractivity contribution is 4.64. The van der Waals surface area contributed by atoms with Gasteiger partial charge in [-0.25, -0.2) is 0 Å². The van der Waals surface area contributed by atoms with Crippen molar-refractivity contribution >= 4 is 0 Å². The van der Waals surface area contributed by atoms with Crippen molar-refractivity contribution in [3.05, 3.63) is 0 Å². The van der Waals surface area contributed by atoms with Gasteiger partial charge in [-0.1, -0.05) is 0 Å². The Kier molecular flexibility index (Phi) is 7.33. The first-order valence-corrected chi connectivity index (χ1v) is 4.16. The zero-order valence-corrected chi connectivity index (χ0v) is 7.32. The molecule has 1 unspecified atom stereocenters. The molecule has 0 amide bonds. The lowest BCUT2D eigenvalue weighted by atomic mass is 10.3. The largest absolute Gasteiger partial charge is 0.394 e. The normalized spacial score (nSPS) is 13.8. The molecule has 0 heterocycles. The van der Waals surface area contributed by atoms with Crippen molar-refractivity contribution < 1.29 is 10.2 Å². The molecule has 5 nitrogen and oxygen atoms in total. The van der Waals surface area contributed by atoms with Crippen LogP contribution in [0.1, 0.15) is 0 Å². The lowest BCUT2D eigenvalue weighted by molar-refractivity contribution is 0.0609. The molecule has 74 valence electrons. The van der Waals surface area contributed by atoms with Crippen LogP contribution >= 0.6 is 0 Å². The third-order valence-electron chi connectivity index (χ3n) is 1.57. The van der Waals surface area contributed by atoms with Crippen LogP contribution in [0, 0.1) is 0 Å². The average Bonchev–Trinajstić information content (AvgIpc) is 2.05. The summed E-state index contributed by atoms with van der Waals surface area (Å²) in [5.74, 6) is 0. The van der Waals surface area contributed by atoms with Crippen LogP contribution in [0.15, 0.2) is 0 Å². The van der Waals surface area contributed by atoms with E-state index in [9.17, 15) is 0 Å². The molecule has 5 heteroatoms. The van der Waals surface area contributed by atoms with E-state index in [0.717, 1.165) is 0 Å². The van der Waals surface area contributed by atoms with E-state index in [0.29, 0.717) is 32.7 Å². The van der Waals surface area contributed by atoms with Gasteiger partial charge >= 0.3 is 0 Å². The maximum Gasteiger partial charge on any atom is 0.0897 e. The number of aliphatic hydroxyl groups excluding tert-OH is 2. The molecule has 0 aromatic heterocycles. The zero-order valence-electron chi connectivity index (χ0n) is 7.32. The molecular weight excluding hydrogens is 158 g/mol. The molecule has 0 spiro atoms. The number of aliphatic hydroxyl groups is 2. The van der Waals surface area contributed by atoms with Gasteiger partial charge in [0.25, 0.3) is 0 Å². The first-order valence-electron chi connectivity index (χ1n) is 4.16. The van der Waals surface area contributed by atoms with Gasteiger partial charge in [-0.05, 0) is 0 Å². The topological polar surface area (TPSA) is 95.7 Å². The molecule has 0 aromatic carbocycles. The van der Waals surface area contributed by atoms with Crippen molar-refractivity contribution in [2.75, 3.05) is 39.3 Å². The Morgan fingerprint density at radius 3 is 2.00 bits per heavy atom. The van der Waals surface area contributed by atoms with E-state index in [1.807, 2.05) is 4.90 Å². The van der Waals surface area contributed by atoms with Crippen LogP contribution in [-0.4, -0.2) is 60.5 Å². The summed E-state index contributed by atoms with van der Waals surface area (Å²) in [4.78, 5) is 1.93. The molecule has 0 aliphatic rings. The van der Waals surface area contributed by atoms with Crippen LogP contribution in [0.5, 0.6) is 0 Å². The second-order valence-electron chi connectivity index (χ2n) is 2.71. The van der Waals surface area contributed by atoms with Gasteiger partial charge in [0.05, 0.1) is 12.7 Å². The Morgan fingerprint density at radius 2 is 1.67 bits per heavy atom. The number of nitrogens with two attached hydrogens (primary N) is 2. The molecule has 1 atom stereocenters. The van der Waals surface area contributed by atoms with Crippen molar-refractivity contribution in [1.29, 1.82) is 0 Å². The monoisotopic (exact) mass is 177 g/mol. The van der Waals surface area contributed by atoms with Crippen LogP contribution in [0.3, 0.4) is 0 Å². The standard InChI is InChI=1S/C7H19N3O2/c8-1-3-10(4-2-9)5-7(12)6-11/h7,11-12H,1-6,8-9H2. The van der Waals surface area contributed by atoms with Crippen molar-refractivity contribution in [2.24, 2.45) is 11.5 Å². The summed E-state index contributed by atoms with van der Waals surface area (Å²) in [7, 11) is 0. The molecule has 0 bridgehead atoms. The molecule has 0 saturated heterocycles. The predicted octanol–water partition coefficient (Wildman–Crippen LogP) is -2.44. The Labute approximate surface area is 73.0 Å². The Hall–Kier alpha value is -0.200. The van der Waals surface area contributed by atoms with Gasteiger partial charge in [0.15, 0.2) is 0 Å². The van der Waals surface area contributed by atoms with Crippen LogP contribution < -0.4 is 11.5 Å². The van der Waals surface area contributed by atoms with Crippen LogP contribution in [-0.2, 0) is 0 Å². The van der Waals surface area contributed by atoms with E-state index in [2.05, 4.69) is 0 Å². The van der Waals surface area contributed by atoms with E-state index in [1.165, 1.54) is 0 Å². The van der Waals surface area contributed by atoms with Crippen molar-refractivity contribution in [3.8, 4) is 0 Å². The van der Waals surface area contributed by atoms with E-state index < -0.39 is 6.10 Å². The lowest BCUT2D eigenvalue weighted by Gasteiger charge is -2.22. The molecular formula is C7H19N3O2. The number of hydrogen-bond donors (Lipinski definition) is 4. The minimum Gasteiger partial charge on any atom is -0.394 e. The third kappa shape index (κ3) is 5.45. The smallest absolute Gasteiger partial charge is 0.0897 e. The van der Waals surface area contributed by atoms with Gasteiger partial charge in [-0.3, -0.25) is 4.90 Å². The molecule has 6 N–H and O–H groups in total. The van der Waals surface area contributed by atoms with Gasteiger partial charge in [0.2, 0.25) is 0 Å². The summed E-state index contributed by atoms with van der Waals surface area (Å²) in [6, 6.07) is 0. The third-order valence-corrected chi connectivity index (χ3v) is 1.57. The Bertz CT molecular complexity index is 96.7. The summed E-state index contributed by atoms with van der Waals surface area (Å²) < 4.78 is 0. The van der Waals surface area contributed by atoms with E-state index in [4.69, 9.17) is 21.7 Å². The SMILES string of the molecule is NCCN(CCN)CC(O)CO. The van der Waals surface area contributed by atoms with Gasteiger partial charge in [0.1, 0.15) is 0 Å². The quantitative estimate of drug-likeness (QED) is 0.346. The molecule has 0 aliphatic carbocycles. The average molecular weight is 177 g/mol. The van der Waals surface area contributed by atoms with Crippen LogP contribution in [0.25, 0.3) is 0 Å². The van der Waals surface area contributed by atoms with Gasteiger partial charge in [-0.15, -0.1) is 0 Å². The maximum atomic E-state index is 9.11. The first-order chi connectivity index (χ1) is 5.74. The fourth-order valence-corrected chi connectivity index (χ4v) is 1.02. The summed E-state index contributed by atoms with van der Waals surface area (Å²) >= 11 is 0. The van der Waals surface area contributed by atoms with E-state index >= 15 is 0 Å². The van der Waals surface area contributed by atoms with Crippen LogP contribution in [0.2, 0.25) is 0 Å². The molecule has 0 fully saturated rings. The predicted molar refractivity (Wildman–Crippen MR) is 47.6 cm³/mol. The minimum atomic E-state index is -0.692. The lowest BCUT2D eigenvalue weighted by Crippen LogP contribution is -2.40. The second-order valence-corrected chi connectivity index (χ2v) is 2.71. The van der Waals surface area contributed by atoms with Crippen LogP contribution in [0.4, 0.5) is 0 Å². The fraction of sp³-hybridized carbons (Fsp3) is 1.00. The van der Waals surface area contributed by atoms with Crippen molar-refractivity contribution in [2.45, 2.75) is 6.10 Å². The Balaban J connectivity index is 3.61. The number of hydrogen-bond acceptors (Lipinski definition) is 5. The summed E-state index contributed by atoms with van der Waals surface area (Å²) in [6.45, 7) is 2.70. The van der Waals surface area contributed by atoms with Gasteiger partial charge in [-0.2, -0.15) is 0 Å². The second kappa shape index (κ2) is 7.45. The first kappa shape index (κ1) is 11.8. The van der Waals surface area contributed by atoms with Gasteiger partial charge < -0.3 is 21.7 Å². The number of nitrogens with zero attached hydrogens (tertiary/aromatic N) is 1. The fourth-order valence-electron chi connectivity index (χ4n) is 1.02. The van der Waals surface area contributed by atoms with E-state index in [-0.39, 0.29) is 6.61 Å². The van der Waals surface area contributed by atoms with Crippen molar-refractivity contribution in [1.82, 2.24) is 4.90 Å². The summed E-state index contributed by atoms with van der Waals surface area (Å²) in [6.07, 6.45) is -0.692. The highest BCUT2D eigenvalue weighted by Gasteiger charge is 2.08. The van der Waals surface area contributed by atoms with Gasteiger partial charge in [0, 0.05) is 32.7 Å². The zero-order chi connectivity index (χ0) is 9.40. The highest BCUT2D eigenvalue weighted by atomic mass is 16.3.